The van der Waals surface area contributed by atoms with Crippen LogP contribution in [-0.4, -0.2) is 25.8 Å². The second-order valence-corrected chi connectivity index (χ2v) is 6.06. The van der Waals surface area contributed by atoms with Gasteiger partial charge in [-0.15, -0.1) is 0 Å². The summed E-state index contributed by atoms with van der Waals surface area (Å²) in [7, 11) is 1.78. The average molecular weight is 241 g/mol. The fourth-order valence-corrected chi connectivity index (χ4v) is 2.94. The Morgan fingerprint density at radius 2 is 1.88 bits per heavy atom. The van der Waals surface area contributed by atoms with Crippen molar-refractivity contribution in [1.82, 2.24) is 5.32 Å². The molecular formula is C15H31NO. The van der Waals surface area contributed by atoms with Crippen molar-refractivity contribution < 1.29 is 4.74 Å². The van der Waals surface area contributed by atoms with Crippen molar-refractivity contribution in [3.8, 4) is 0 Å². The molecule has 1 N–H and O–H groups in total. The molecule has 0 bridgehead atoms. The number of rotatable bonds is 6. The van der Waals surface area contributed by atoms with Crippen molar-refractivity contribution in [3.63, 3.8) is 0 Å². The van der Waals surface area contributed by atoms with Crippen molar-refractivity contribution in [3.05, 3.63) is 0 Å². The standard InChI is InChI=1S/C15H31NO/c1-12(2)14-6-5-7-15(9-8-14)16-13(3)10-11-17-4/h12-16H,5-11H2,1-4H3. The van der Waals surface area contributed by atoms with Gasteiger partial charge in [0.1, 0.15) is 0 Å². The highest BCUT2D eigenvalue weighted by atomic mass is 16.5. The van der Waals surface area contributed by atoms with E-state index in [-0.39, 0.29) is 0 Å². The van der Waals surface area contributed by atoms with Gasteiger partial charge in [0.25, 0.3) is 0 Å². The topological polar surface area (TPSA) is 21.3 Å². The molecule has 0 heterocycles. The Hall–Kier alpha value is -0.0800. The maximum atomic E-state index is 5.13. The lowest BCUT2D eigenvalue weighted by atomic mass is 9.89. The Morgan fingerprint density at radius 3 is 2.53 bits per heavy atom. The van der Waals surface area contributed by atoms with Gasteiger partial charge < -0.3 is 10.1 Å². The molecule has 2 heteroatoms. The Kier molecular flexibility index (Phi) is 7.14. The second kappa shape index (κ2) is 8.10. The van der Waals surface area contributed by atoms with Crippen LogP contribution in [0.1, 0.15) is 59.3 Å². The third-order valence-electron chi connectivity index (χ3n) is 4.23. The van der Waals surface area contributed by atoms with E-state index in [2.05, 4.69) is 26.1 Å². The zero-order valence-corrected chi connectivity index (χ0v) is 12.2. The van der Waals surface area contributed by atoms with Crippen LogP contribution in [0.15, 0.2) is 0 Å². The van der Waals surface area contributed by atoms with E-state index < -0.39 is 0 Å². The molecule has 17 heavy (non-hydrogen) atoms. The van der Waals surface area contributed by atoms with Gasteiger partial charge in [-0.2, -0.15) is 0 Å². The summed E-state index contributed by atoms with van der Waals surface area (Å²) in [5.74, 6) is 1.82. The van der Waals surface area contributed by atoms with Crippen LogP contribution in [0.3, 0.4) is 0 Å². The molecule has 0 aromatic heterocycles. The summed E-state index contributed by atoms with van der Waals surface area (Å²) in [5, 5.41) is 3.77. The van der Waals surface area contributed by atoms with Crippen molar-refractivity contribution >= 4 is 0 Å². The molecule has 3 unspecified atom stereocenters. The zero-order chi connectivity index (χ0) is 12.7. The smallest absolute Gasteiger partial charge is 0.0476 e. The van der Waals surface area contributed by atoms with E-state index >= 15 is 0 Å². The van der Waals surface area contributed by atoms with Gasteiger partial charge in [0.15, 0.2) is 0 Å². The van der Waals surface area contributed by atoms with Crippen LogP contribution in [0.2, 0.25) is 0 Å². The van der Waals surface area contributed by atoms with Crippen LogP contribution in [0, 0.1) is 11.8 Å². The van der Waals surface area contributed by atoms with Crippen molar-refractivity contribution in [2.75, 3.05) is 13.7 Å². The molecule has 1 aliphatic rings. The van der Waals surface area contributed by atoms with Gasteiger partial charge in [-0.1, -0.05) is 26.7 Å². The lowest BCUT2D eigenvalue weighted by molar-refractivity contribution is 0.181. The van der Waals surface area contributed by atoms with E-state index in [0.29, 0.717) is 6.04 Å². The first-order valence-corrected chi connectivity index (χ1v) is 7.38. The van der Waals surface area contributed by atoms with Crippen LogP contribution in [-0.2, 0) is 4.74 Å². The quantitative estimate of drug-likeness (QED) is 0.717. The number of ether oxygens (including phenoxy) is 1. The van der Waals surface area contributed by atoms with Crippen molar-refractivity contribution in [2.24, 2.45) is 11.8 Å². The maximum Gasteiger partial charge on any atom is 0.0476 e. The lowest BCUT2D eigenvalue weighted by Crippen LogP contribution is -2.36. The van der Waals surface area contributed by atoms with Crippen LogP contribution < -0.4 is 5.32 Å². The van der Waals surface area contributed by atoms with E-state index in [1.54, 1.807) is 7.11 Å². The average Bonchev–Trinajstić information content (AvgIpc) is 2.52. The third kappa shape index (κ3) is 5.87. The number of nitrogens with one attached hydrogen (secondary N) is 1. The van der Waals surface area contributed by atoms with Gasteiger partial charge >= 0.3 is 0 Å². The summed E-state index contributed by atoms with van der Waals surface area (Å²) in [6, 6.07) is 1.33. The van der Waals surface area contributed by atoms with Gasteiger partial charge in [0.2, 0.25) is 0 Å². The van der Waals surface area contributed by atoms with Crippen molar-refractivity contribution in [1.29, 1.82) is 0 Å². The maximum absolute atomic E-state index is 5.13. The largest absolute Gasteiger partial charge is 0.385 e. The predicted octanol–water partition coefficient (Wildman–Crippen LogP) is 3.61. The van der Waals surface area contributed by atoms with E-state index in [1.807, 2.05) is 0 Å². The minimum absolute atomic E-state index is 0.593. The van der Waals surface area contributed by atoms with Crippen LogP contribution in [0.5, 0.6) is 0 Å². The number of hydrogen-bond acceptors (Lipinski definition) is 2. The molecule has 0 radical (unpaired) electrons. The van der Waals surface area contributed by atoms with Crippen LogP contribution in [0.25, 0.3) is 0 Å². The zero-order valence-electron chi connectivity index (χ0n) is 12.2. The Morgan fingerprint density at radius 1 is 1.12 bits per heavy atom. The van der Waals surface area contributed by atoms with E-state index in [4.69, 9.17) is 4.74 Å². The summed E-state index contributed by atoms with van der Waals surface area (Å²) in [5.41, 5.74) is 0. The molecule has 0 aromatic carbocycles. The molecule has 0 aromatic rings. The van der Waals surface area contributed by atoms with Crippen LogP contribution >= 0.6 is 0 Å². The summed E-state index contributed by atoms with van der Waals surface area (Å²) >= 11 is 0. The molecule has 1 saturated carbocycles. The first kappa shape index (κ1) is 15.0. The SMILES string of the molecule is COCCC(C)NC1CCCC(C(C)C)CC1. The molecule has 0 saturated heterocycles. The third-order valence-corrected chi connectivity index (χ3v) is 4.23. The van der Waals surface area contributed by atoms with Gasteiger partial charge in [0.05, 0.1) is 0 Å². The molecule has 1 aliphatic carbocycles. The van der Waals surface area contributed by atoms with E-state index in [0.717, 1.165) is 30.9 Å². The highest BCUT2D eigenvalue weighted by Crippen LogP contribution is 2.28. The molecule has 3 atom stereocenters. The minimum Gasteiger partial charge on any atom is -0.385 e. The Labute approximate surface area is 108 Å². The van der Waals surface area contributed by atoms with Crippen molar-refractivity contribution in [2.45, 2.75) is 71.4 Å². The second-order valence-electron chi connectivity index (χ2n) is 6.06. The fourth-order valence-electron chi connectivity index (χ4n) is 2.94. The summed E-state index contributed by atoms with van der Waals surface area (Å²) in [6.45, 7) is 7.90. The monoisotopic (exact) mass is 241 g/mol. The first-order chi connectivity index (χ1) is 8.13. The molecule has 0 spiro atoms. The van der Waals surface area contributed by atoms with E-state index in [9.17, 15) is 0 Å². The summed E-state index contributed by atoms with van der Waals surface area (Å²) < 4.78 is 5.13. The summed E-state index contributed by atoms with van der Waals surface area (Å²) in [4.78, 5) is 0. The minimum atomic E-state index is 0.593. The summed E-state index contributed by atoms with van der Waals surface area (Å²) in [6.07, 6.45) is 8.09. The van der Waals surface area contributed by atoms with Gasteiger partial charge in [0, 0.05) is 25.8 Å². The Bertz CT molecular complexity index is 193. The highest BCUT2D eigenvalue weighted by molar-refractivity contribution is 4.78. The molecular weight excluding hydrogens is 210 g/mol. The van der Waals surface area contributed by atoms with Crippen LogP contribution in [0.4, 0.5) is 0 Å². The molecule has 0 aliphatic heterocycles. The van der Waals surface area contributed by atoms with E-state index in [1.165, 1.54) is 32.1 Å². The Balaban J connectivity index is 2.26. The molecule has 1 rings (SSSR count). The molecule has 2 nitrogen and oxygen atoms in total. The van der Waals surface area contributed by atoms with Gasteiger partial charge in [-0.25, -0.2) is 0 Å². The fraction of sp³-hybridized carbons (Fsp3) is 1.00. The van der Waals surface area contributed by atoms with Gasteiger partial charge in [-0.3, -0.25) is 0 Å². The first-order valence-electron chi connectivity index (χ1n) is 7.38. The molecule has 1 fully saturated rings. The lowest BCUT2D eigenvalue weighted by Gasteiger charge is -2.22. The number of hydrogen-bond donors (Lipinski definition) is 1. The number of methoxy groups -OCH3 is 1. The van der Waals surface area contributed by atoms with Gasteiger partial charge in [-0.05, 0) is 44.4 Å². The highest BCUT2D eigenvalue weighted by Gasteiger charge is 2.21. The molecule has 0 amide bonds. The molecule has 102 valence electrons. The normalized spacial score (nSPS) is 28.1. The predicted molar refractivity (Wildman–Crippen MR) is 74.3 cm³/mol.